The Labute approximate surface area is 157 Å². The summed E-state index contributed by atoms with van der Waals surface area (Å²) in [5.74, 6) is -0.890. The Kier molecular flexibility index (Phi) is 5.89. The topological polar surface area (TPSA) is 72.4 Å². The molecule has 0 aliphatic carbocycles. The molecule has 0 bridgehead atoms. The van der Waals surface area contributed by atoms with Crippen molar-refractivity contribution in [2.45, 2.75) is 6.92 Å². The van der Waals surface area contributed by atoms with Crippen molar-refractivity contribution in [1.29, 1.82) is 0 Å². The van der Waals surface area contributed by atoms with E-state index in [1.165, 1.54) is 12.2 Å². The second kappa shape index (κ2) is 8.71. The fraction of sp³-hybridized carbons (Fsp3) is 0.143. The first kappa shape index (κ1) is 18.3. The molecule has 0 atom stereocenters. The summed E-state index contributed by atoms with van der Waals surface area (Å²) in [5, 5.41) is 0. The quantitative estimate of drug-likeness (QED) is 0.498. The van der Waals surface area contributed by atoms with Gasteiger partial charge in [0.25, 0.3) is 5.91 Å². The zero-order chi connectivity index (χ0) is 19.1. The molecule has 3 rings (SSSR count). The third kappa shape index (κ3) is 4.76. The Hall–Kier alpha value is -3.54. The minimum Gasteiger partial charge on any atom is -0.452 e. The summed E-state index contributed by atoms with van der Waals surface area (Å²) in [5.41, 5.74) is 2.83. The van der Waals surface area contributed by atoms with Gasteiger partial charge in [-0.2, -0.15) is 0 Å². The molecule has 0 aliphatic heterocycles. The molecule has 0 N–H and O–H groups in total. The maximum atomic E-state index is 12.3. The van der Waals surface area contributed by atoms with E-state index in [1.807, 2.05) is 61.5 Å². The first-order valence-electron chi connectivity index (χ1n) is 8.59. The maximum absolute atomic E-state index is 12.3. The molecule has 0 aliphatic rings. The molecule has 0 saturated heterocycles. The number of fused-ring (bicyclic) bond motifs is 1. The lowest BCUT2D eigenvalue weighted by Crippen LogP contribution is -2.34. The van der Waals surface area contributed by atoms with E-state index in [-0.39, 0.29) is 12.5 Å². The van der Waals surface area contributed by atoms with Crippen LogP contribution in [0.1, 0.15) is 12.6 Å². The van der Waals surface area contributed by atoms with Gasteiger partial charge >= 0.3 is 5.97 Å². The van der Waals surface area contributed by atoms with Gasteiger partial charge in [-0.3, -0.25) is 9.78 Å². The van der Waals surface area contributed by atoms with E-state index < -0.39 is 5.97 Å². The Morgan fingerprint density at radius 2 is 1.74 bits per heavy atom. The van der Waals surface area contributed by atoms with Crippen LogP contribution in [0.25, 0.3) is 17.1 Å². The second-order valence-corrected chi connectivity index (χ2v) is 5.70. The zero-order valence-corrected chi connectivity index (χ0v) is 14.9. The van der Waals surface area contributed by atoms with E-state index in [0.717, 1.165) is 16.7 Å². The van der Waals surface area contributed by atoms with Gasteiger partial charge < -0.3 is 9.64 Å². The van der Waals surface area contributed by atoms with Crippen molar-refractivity contribution in [2.24, 2.45) is 0 Å². The second-order valence-electron chi connectivity index (χ2n) is 5.70. The number of para-hydroxylation sites is 3. The van der Waals surface area contributed by atoms with Gasteiger partial charge in [0.2, 0.25) is 0 Å². The molecule has 1 heterocycles. The number of ether oxygens (including phenoxy) is 1. The molecule has 0 fully saturated rings. The highest BCUT2D eigenvalue weighted by Crippen LogP contribution is 2.13. The summed E-state index contributed by atoms with van der Waals surface area (Å²) >= 11 is 0. The van der Waals surface area contributed by atoms with Crippen LogP contribution in [0.3, 0.4) is 0 Å². The van der Waals surface area contributed by atoms with Crippen LogP contribution in [-0.2, 0) is 14.3 Å². The van der Waals surface area contributed by atoms with Crippen LogP contribution in [0.5, 0.6) is 0 Å². The molecule has 2 aromatic carbocycles. The molecule has 0 saturated carbocycles. The van der Waals surface area contributed by atoms with Crippen molar-refractivity contribution in [3.8, 4) is 0 Å². The molecule has 0 spiro atoms. The van der Waals surface area contributed by atoms with Crippen LogP contribution >= 0.6 is 0 Å². The number of aromatic nitrogens is 2. The fourth-order valence-electron chi connectivity index (χ4n) is 2.57. The van der Waals surface area contributed by atoms with Gasteiger partial charge in [0.1, 0.15) is 0 Å². The predicted octanol–water partition coefficient (Wildman–Crippen LogP) is 3.24. The van der Waals surface area contributed by atoms with Crippen LogP contribution in [0.4, 0.5) is 5.69 Å². The van der Waals surface area contributed by atoms with E-state index >= 15 is 0 Å². The lowest BCUT2D eigenvalue weighted by atomic mass is 10.3. The van der Waals surface area contributed by atoms with Gasteiger partial charge in [0.15, 0.2) is 6.61 Å². The van der Waals surface area contributed by atoms with Gasteiger partial charge in [-0.15, -0.1) is 0 Å². The summed E-state index contributed by atoms with van der Waals surface area (Å²) in [6, 6.07) is 16.7. The van der Waals surface area contributed by atoms with Crippen molar-refractivity contribution in [3.05, 3.63) is 72.6 Å². The van der Waals surface area contributed by atoms with E-state index in [2.05, 4.69) is 9.97 Å². The number of hydrogen-bond acceptors (Lipinski definition) is 5. The van der Waals surface area contributed by atoms with Crippen LogP contribution in [-0.4, -0.2) is 35.0 Å². The fourth-order valence-corrected chi connectivity index (χ4v) is 2.57. The molecule has 6 heteroatoms. The SMILES string of the molecule is CCN(C(=O)COC(=O)C=Cc1cnc2ccccc2n1)c1ccccc1. The number of nitrogens with zero attached hydrogens (tertiary/aromatic N) is 3. The molecule has 1 aromatic heterocycles. The molecule has 0 unspecified atom stereocenters. The third-order valence-corrected chi connectivity index (χ3v) is 3.88. The van der Waals surface area contributed by atoms with E-state index in [9.17, 15) is 9.59 Å². The first-order valence-corrected chi connectivity index (χ1v) is 8.59. The first-order chi connectivity index (χ1) is 13.2. The predicted molar refractivity (Wildman–Crippen MR) is 104 cm³/mol. The highest BCUT2D eigenvalue weighted by Gasteiger charge is 2.15. The Bertz CT molecular complexity index is 971. The molecule has 0 radical (unpaired) electrons. The van der Waals surface area contributed by atoms with Crippen molar-refractivity contribution < 1.29 is 14.3 Å². The molecule has 27 heavy (non-hydrogen) atoms. The summed E-state index contributed by atoms with van der Waals surface area (Å²) in [6.07, 6.45) is 4.33. The average Bonchev–Trinajstić information content (AvgIpc) is 2.72. The minimum atomic E-state index is -0.609. The third-order valence-electron chi connectivity index (χ3n) is 3.88. The van der Waals surface area contributed by atoms with Crippen LogP contribution in [0.2, 0.25) is 0 Å². The van der Waals surface area contributed by atoms with Gasteiger partial charge in [-0.1, -0.05) is 30.3 Å². The number of rotatable bonds is 6. The van der Waals surface area contributed by atoms with Crippen molar-refractivity contribution in [1.82, 2.24) is 9.97 Å². The number of hydrogen-bond donors (Lipinski definition) is 0. The molecule has 3 aromatic rings. The average molecular weight is 361 g/mol. The number of esters is 1. The maximum Gasteiger partial charge on any atom is 0.331 e. The van der Waals surface area contributed by atoms with Crippen molar-refractivity contribution in [2.75, 3.05) is 18.1 Å². The Morgan fingerprint density at radius 1 is 1.04 bits per heavy atom. The summed E-state index contributed by atoms with van der Waals surface area (Å²) in [4.78, 5) is 34.4. The van der Waals surface area contributed by atoms with Crippen molar-refractivity contribution in [3.63, 3.8) is 0 Å². The smallest absolute Gasteiger partial charge is 0.331 e. The van der Waals surface area contributed by atoms with E-state index in [0.29, 0.717) is 12.2 Å². The number of amides is 1. The lowest BCUT2D eigenvalue weighted by Gasteiger charge is -2.20. The van der Waals surface area contributed by atoms with Gasteiger partial charge in [0, 0.05) is 18.3 Å². The van der Waals surface area contributed by atoms with Crippen LogP contribution in [0, 0.1) is 0 Å². The normalized spacial score (nSPS) is 10.9. The Balaban J connectivity index is 1.58. The van der Waals surface area contributed by atoms with E-state index in [4.69, 9.17) is 4.74 Å². The van der Waals surface area contributed by atoms with Gasteiger partial charge in [0.05, 0.1) is 22.9 Å². The molecule has 136 valence electrons. The van der Waals surface area contributed by atoms with Crippen LogP contribution < -0.4 is 4.90 Å². The summed E-state index contributed by atoms with van der Waals surface area (Å²) < 4.78 is 5.05. The zero-order valence-electron chi connectivity index (χ0n) is 14.9. The highest BCUT2D eigenvalue weighted by molar-refractivity contribution is 5.96. The number of carbonyl (C=O) groups excluding carboxylic acids is 2. The van der Waals surface area contributed by atoms with Crippen molar-refractivity contribution >= 4 is 34.7 Å². The molecule has 6 nitrogen and oxygen atoms in total. The summed E-state index contributed by atoms with van der Waals surface area (Å²) in [6.45, 7) is 2.03. The standard InChI is InChI=1S/C21H19N3O3/c1-2-24(17-8-4-3-5-9-17)20(25)15-27-21(26)13-12-16-14-22-18-10-6-7-11-19(18)23-16/h3-14H,2,15H2,1H3. The Morgan fingerprint density at radius 3 is 2.48 bits per heavy atom. The highest BCUT2D eigenvalue weighted by atomic mass is 16.5. The molecular formula is C21H19N3O3. The van der Waals surface area contributed by atoms with E-state index in [1.54, 1.807) is 11.1 Å². The number of likely N-dealkylation sites (N-methyl/N-ethyl adjacent to an activating group) is 1. The molecule has 1 amide bonds. The number of anilines is 1. The largest absolute Gasteiger partial charge is 0.452 e. The van der Waals surface area contributed by atoms with Crippen LogP contribution in [0.15, 0.2) is 66.9 Å². The van der Waals surface area contributed by atoms with Gasteiger partial charge in [-0.05, 0) is 37.3 Å². The lowest BCUT2D eigenvalue weighted by molar-refractivity contribution is -0.142. The minimum absolute atomic E-state index is 0.282. The summed E-state index contributed by atoms with van der Waals surface area (Å²) in [7, 11) is 0. The van der Waals surface area contributed by atoms with Gasteiger partial charge in [-0.25, -0.2) is 9.78 Å². The molecular weight excluding hydrogens is 342 g/mol. The number of carbonyl (C=O) groups is 2. The number of benzene rings is 2. The monoisotopic (exact) mass is 361 g/mol.